The Morgan fingerprint density at radius 2 is 1.62 bits per heavy atom. The van der Waals surface area contributed by atoms with E-state index in [1.807, 2.05) is 49.4 Å². The van der Waals surface area contributed by atoms with Crippen LogP contribution >= 0.6 is 11.8 Å². The highest BCUT2D eigenvalue weighted by Gasteiger charge is 2.21. The van der Waals surface area contributed by atoms with E-state index in [0.717, 1.165) is 10.5 Å². The molecule has 2 atom stereocenters. The molecular formula is C25H25FN2O3S. The van der Waals surface area contributed by atoms with Gasteiger partial charge < -0.3 is 15.4 Å². The SMILES string of the molecule is CC(=O)Nc1ccc(SC(C)C(=O)NC(COc2ccccc2F)c2ccccc2)cc1. The molecule has 2 N–H and O–H groups in total. The van der Waals surface area contributed by atoms with E-state index in [2.05, 4.69) is 10.6 Å². The van der Waals surface area contributed by atoms with Gasteiger partial charge in [-0.25, -0.2) is 4.39 Å². The molecule has 166 valence electrons. The third-order valence-electron chi connectivity index (χ3n) is 4.62. The predicted octanol–water partition coefficient (Wildman–Crippen LogP) is 5.20. The van der Waals surface area contributed by atoms with Crippen molar-refractivity contribution >= 4 is 29.3 Å². The van der Waals surface area contributed by atoms with Crippen LogP contribution < -0.4 is 15.4 Å². The van der Waals surface area contributed by atoms with Gasteiger partial charge in [-0.3, -0.25) is 9.59 Å². The van der Waals surface area contributed by atoms with Crippen LogP contribution in [0.1, 0.15) is 25.5 Å². The highest BCUT2D eigenvalue weighted by molar-refractivity contribution is 8.00. The number of hydrogen-bond donors (Lipinski definition) is 2. The molecule has 0 aromatic heterocycles. The van der Waals surface area contributed by atoms with Crippen molar-refractivity contribution < 1.29 is 18.7 Å². The normalized spacial score (nSPS) is 12.5. The Labute approximate surface area is 191 Å². The molecule has 2 amide bonds. The Bertz CT molecular complexity index is 1040. The van der Waals surface area contributed by atoms with Gasteiger partial charge >= 0.3 is 0 Å². The van der Waals surface area contributed by atoms with Gasteiger partial charge in [0.25, 0.3) is 0 Å². The second-order valence-corrected chi connectivity index (χ2v) is 8.59. The number of amides is 2. The van der Waals surface area contributed by atoms with Gasteiger partial charge in [0.2, 0.25) is 11.8 Å². The Balaban J connectivity index is 1.64. The molecule has 0 saturated heterocycles. The van der Waals surface area contributed by atoms with Crippen molar-refractivity contribution in [2.24, 2.45) is 0 Å². The first-order chi connectivity index (χ1) is 15.4. The van der Waals surface area contributed by atoms with Gasteiger partial charge in [-0.05, 0) is 48.9 Å². The summed E-state index contributed by atoms with van der Waals surface area (Å²) in [6.45, 7) is 3.37. The van der Waals surface area contributed by atoms with Gasteiger partial charge in [-0.1, -0.05) is 42.5 Å². The second-order valence-electron chi connectivity index (χ2n) is 7.18. The van der Waals surface area contributed by atoms with Gasteiger partial charge in [0.1, 0.15) is 6.61 Å². The summed E-state index contributed by atoms with van der Waals surface area (Å²) in [6, 6.07) is 22.5. The average Bonchev–Trinajstić information content (AvgIpc) is 2.79. The summed E-state index contributed by atoms with van der Waals surface area (Å²) >= 11 is 1.41. The molecule has 3 aromatic rings. The zero-order valence-corrected chi connectivity index (χ0v) is 18.7. The monoisotopic (exact) mass is 452 g/mol. The fraction of sp³-hybridized carbons (Fsp3) is 0.200. The quantitative estimate of drug-likeness (QED) is 0.438. The van der Waals surface area contributed by atoms with Gasteiger partial charge in [-0.15, -0.1) is 11.8 Å². The highest BCUT2D eigenvalue weighted by Crippen LogP contribution is 2.26. The molecule has 0 aliphatic heterocycles. The molecule has 0 spiro atoms. The van der Waals surface area contributed by atoms with Crippen LogP contribution in [0.25, 0.3) is 0 Å². The van der Waals surface area contributed by atoms with Crippen LogP contribution in [0.15, 0.2) is 83.8 Å². The number of nitrogens with one attached hydrogen (secondary N) is 2. The molecule has 3 aromatic carbocycles. The molecule has 0 fully saturated rings. The van der Waals surface area contributed by atoms with Crippen LogP contribution in [0.2, 0.25) is 0 Å². The number of carbonyl (C=O) groups excluding carboxylic acids is 2. The fourth-order valence-electron chi connectivity index (χ4n) is 3.01. The minimum absolute atomic E-state index is 0.0967. The summed E-state index contributed by atoms with van der Waals surface area (Å²) in [6.07, 6.45) is 0. The topological polar surface area (TPSA) is 67.4 Å². The standard InChI is InChI=1S/C25H25FN2O3S/c1-17(32-21-14-12-20(13-15-21)27-18(2)29)25(30)28-23(19-8-4-3-5-9-19)16-31-24-11-7-6-10-22(24)26/h3-15,17,23H,16H2,1-2H3,(H,27,29)(H,28,30). The van der Waals surface area contributed by atoms with Crippen LogP contribution in [0.4, 0.5) is 10.1 Å². The Morgan fingerprint density at radius 3 is 2.28 bits per heavy atom. The maximum absolute atomic E-state index is 13.9. The third-order valence-corrected chi connectivity index (χ3v) is 5.73. The number of benzene rings is 3. The Hall–Kier alpha value is -3.32. The van der Waals surface area contributed by atoms with Gasteiger partial charge in [0.05, 0.1) is 11.3 Å². The van der Waals surface area contributed by atoms with Crippen molar-refractivity contribution in [3.8, 4) is 5.75 Å². The fourth-order valence-corrected chi connectivity index (χ4v) is 3.88. The maximum Gasteiger partial charge on any atom is 0.233 e. The number of anilines is 1. The van der Waals surface area contributed by atoms with Crippen molar-refractivity contribution in [3.05, 3.63) is 90.2 Å². The van der Waals surface area contributed by atoms with Crippen molar-refractivity contribution in [1.29, 1.82) is 0 Å². The first-order valence-electron chi connectivity index (χ1n) is 10.2. The molecule has 0 heterocycles. The van der Waals surface area contributed by atoms with Crippen molar-refractivity contribution in [2.75, 3.05) is 11.9 Å². The first-order valence-corrected chi connectivity index (χ1v) is 11.1. The lowest BCUT2D eigenvalue weighted by Gasteiger charge is -2.22. The lowest BCUT2D eigenvalue weighted by molar-refractivity contribution is -0.121. The molecule has 0 aliphatic rings. The number of halogens is 1. The number of rotatable bonds is 9. The third kappa shape index (κ3) is 6.85. The molecule has 2 unspecified atom stereocenters. The predicted molar refractivity (Wildman–Crippen MR) is 125 cm³/mol. The number of thioether (sulfide) groups is 1. The molecule has 0 bridgehead atoms. The molecular weight excluding hydrogens is 427 g/mol. The van der Waals surface area contributed by atoms with Gasteiger partial charge in [0, 0.05) is 17.5 Å². The summed E-state index contributed by atoms with van der Waals surface area (Å²) in [5.74, 6) is -0.601. The van der Waals surface area contributed by atoms with Crippen LogP contribution in [0, 0.1) is 5.82 Å². The average molecular weight is 453 g/mol. The van der Waals surface area contributed by atoms with Crippen molar-refractivity contribution in [3.63, 3.8) is 0 Å². The lowest BCUT2D eigenvalue weighted by atomic mass is 10.1. The zero-order valence-electron chi connectivity index (χ0n) is 17.9. The lowest BCUT2D eigenvalue weighted by Crippen LogP contribution is -2.37. The van der Waals surface area contributed by atoms with E-state index in [9.17, 15) is 14.0 Å². The van der Waals surface area contributed by atoms with E-state index in [-0.39, 0.29) is 29.4 Å². The molecule has 0 aliphatic carbocycles. The highest BCUT2D eigenvalue weighted by atomic mass is 32.2. The van der Waals surface area contributed by atoms with E-state index in [1.165, 1.54) is 24.8 Å². The molecule has 0 radical (unpaired) electrons. The molecule has 5 nitrogen and oxygen atoms in total. The summed E-state index contributed by atoms with van der Waals surface area (Å²) < 4.78 is 19.6. The van der Waals surface area contributed by atoms with Crippen molar-refractivity contribution in [2.45, 2.75) is 30.0 Å². The smallest absolute Gasteiger partial charge is 0.233 e. The minimum atomic E-state index is -0.447. The Morgan fingerprint density at radius 1 is 0.969 bits per heavy atom. The largest absolute Gasteiger partial charge is 0.488 e. The summed E-state index contributed by atoms with van der Waals surface area (Å²) in [5.41, 5.74) is 1.57. The molecule has 3 rings (SSSR count). The summed E-state index contributed by atoms with van der Waals surface area (Å²) in [4.78, 5) is 25.0. The Kier molecular flexibility index (Phi) is 8.27. The number of ether oxygens (including phenoxy) is 1. The van der Waals surface area contributed by atoms with E-state index >= 15 is 0 Å². The molecule has 7 heteroatoms. The van der Waals surface area contributed by atoms with Crippen LogP contribution in [0.3, 0.4) is 0 Å². The summed E-state index contributed by atoms with van der Waals surface area (Å²) in [7, 11) is 0. The summed E-state index contributed by atoms with van der Waals surface area (Å²) in [5, 5.41) is 5.36. The van der Waals surface area contributed by atoms with Crippen LogP contribution in [0.5, 0.6) is 5.75 Å². The number of para-hydroxylation sites is 1. The molecule has 0 saturated carbocycles. The van der Waals surface area contributed by atoms with Gasteiger partial charge in [0.15, 0.2) is 11.6 Å². The number of hydrogen-bond acceptors (Lipinski definition) is 4. The van der Waals surface area contributed by atoms with Crippen LogP contribution in [-0.2, 0) is 9.59 Å². The van der Waals surface area contributed by atoms with E-state index < -0.39 is 11.9 Å². The minimum Gasteiger partial charge on any atom is -0.488 e. The second kappa shape index (κ2) is 11.3. The maximum atomic E-state index is 13.9. The van der Waals surface area contributed by atoms with E-state index in [4.69, 9.17) is 4.74 Å². The number of carbonyl (C=O) groups is 2. The van der Waals surface area contributed by atoms with E-state index in [1.54, 1.807) is 30.3 Å². The molecule has 32 heavy (non-hydrogen) atoms. The zero-order chi connectivity index (χ0) is 22.9. The first kappa shape index (κ1) is 23.3. The van der Waals surface area contributed by atoms with Gasteiger partial charge in [-0.2, -0.15) is 0 Å². The van der Waals surface area contributed by atoms with E-state index in [0.29, 0.717) is 5.69 Å². The van der Waals surface area contributed by atoms with Crippen molar-refractivity contribution in [1.82, 2.24) is 5.32 Å². The van der Waals surface area contributed by atoms with Crippen LogP contribution in [-0.4, -0.2) is 23.7 Å².